The van der Waals surface area contributed by atoms with Crippen LogP contribution < -0.4 is 5.32 Å². The summed E-state index contributed by atoms with van der Waals surface area (Å²) < 4.78 is 5.24. The second kappa shape index (κ2) is 8.09. The standard InChI is InChI=1S/C18H19N5O2S/c1-11-7-14(4-5-19-11)9-20-17(24)16-8-15(25-23-16)10-26-18-21-12(2)6-13(3)22-18/h4-8H,9-10H2,1-3H3,(H,20,24). The lowest BCUT2D eigenvalue weighted by atomic mass is 10.2. The number of nitrogens with zero attached hydrogens (tertiary/aromatic N) is 4. The van der Waals surface area contributed by atoms with E-state index in [1.165, 1.54) is 11.8 Å². The first kappa shape index (κ1) is 18.1. The van der Waals surface area contributed by atoms with Gasteiger partial charge in [-0.15, -0.1) is 0 Å². The van der Waals surface area contributed by atoms with Gasteiger partial charge in [0.2, 0.25) is 0 Å². The highest BCUT2D eigenvalue weighted by atomic mass is 32.2. The number of amides is 1. The molecule has 0 fully saturated rings. The van der Waals surface area contributed by atoms with Crippen LogP contribution in [-0.4, -0.2) is 26.0 Å². The van der Waals surface area contributed by atoms with Crippen molar-refractivity contribution in [2.24, 2.45) is 0 Å². The molecule has 0 aliphatic rings. The topological polar surface area (TPSA) is 93.8 Å². The Morgan fingerprint density at radius 2 is 1.88 bits per heavy atom. The van der Waals surface area contributed by atoms with Crippen LogP contribution in [0, 0.1) is 20.8 Å². The van der Waals surface area contributed by atoms with Crippen molar-refractivity contribution in [3.63, 3.8) is 0 Å². The first-order valence-corrected chi connectivity index (χ1v) is 9.08. The van der Waals surface area contributed by atoms with E-state index in [4.69, 9.17) is 4.52 Å². The van der Waals surface area contributed by atoms with Crippen molar-refractivity contribution in [1.82, 2.24) is 25.4 Å². The fraction of sp³-hybridized carbons (Fsp3) is 0.278. The third-order valence-corrected chi connectivity index (χ3v) is 4.38. The van der Waals surface area contributed by atoms with Gasteiger partial charge in [-0.05, 0) is 44.5 Å². The van der Waals surface area contributed by atoms with Gasteiger partial charge < -0.3 is 9.84 Å². The normalized spacial score (nSPS) is 10.7. The Morgan fingerprint density at radius 1 is 1.12 bits per heavy atom. The van der Waals surface area contributed by atoms with Crippen molar-refractivity contribution in [3.05, 3.63) is 64.6 Å². The zero-order valence-corrected chi connectivity index (χ0v) is 15.6. The molecule has 3 rings (SSSR count). The minimum Gasteiger partial charge on any atom is -0.360 e. The lowest BCUT2D eigenvalue weighted by Crippen LogP contribution is -2.23. The molecule has 0 aliphatic heterocycles. The van der Waals surface area contributed by atoms with E-state index in [1.54, 1.807) is 12.3 Å². The van der Waals surface area contributed by atoms with Gasteiger partial charge in [-0.3, -0.25) is 9.78 Å². The molecule has 0 bridgehead atoms. The van der Waals surface area contributed by atoms with Crippen LogP contribution >= 0.6 is 11.8 Å². The molecule has 7 nitrogen and oxygen atoms in total. The number of nitrogens with one attached hydrogen (secondary N) is 1. The maximum absolute atomic E-state index is 12.2. The molecule has 26 heavy (non-hydrogen) atoms. The average Bonchev–Trinajstić information content (AvgIpc) is 3.06. The highest BCUT2D eigenvalue weighted by molar-refractivity contribution is 7.98. The minimum absolute atomic E-state index is 0.257. The minimum atomic E-state index is -0.276. The van der Waals surface area contributed by atoms with Crippen molar-refractivity contribution in [2.75, 3.05) is 0 Å². The number of carbonyl (C=O) groups is 1. The smallest absolute Gasteiger partial charge is 0.273 e. The van der Waals surface area contributed by atoms with Crippen LogP contribution in [0.4, 0.5) is 0 Å². The van der Waals surface area contributed by atoms with Crippen molar-refractivity contribution in [3.8, 4) is 0 Å². The Morgan fingerprint density at radius 3 is 2.62 bits per heavy atom. The maximum Gasteiger partial charge on any atom is 0.273 e. The van der Waals surface area contributed by atoms with E-state index in [0.717, 1.165) is 22.6 Å². The lowest BCUT2D eigenvalue weighted by molar-refractivity contribution is 0.0941. The number of hydrogen-bond acceptors (Lipinski definition) is 7. The third kappa shape index (κ3) is 4.89. The van der Waals surface area contributed by atoms with Crippen LogP contribution in [0.3, 0.4) is 0 Å². The molecule has 134 valence electrons. The van der Waals surface area contributed by atoms with Gasteiger partial charge in [0.15, 0.2) is 10.9 Å². The second-order valence-corrected chi connectivity index (χ2v) is 6.83. The zero-order valence-electron chi connectivity index (χ0n) is 14.8. The van der Waals surface area contributed by atoms with Gasteiger partial charge in [-0.1, -0.05) is 16.9 Å². The van der Waals surface area contributed by atoms with E-state index in [1.807, 2.05) is 39.0 Å². The van der Waals surface area contributed by atoms with Crippen LogP contribution in [-0.2, 0) is 12.3 Å². The van der Waals surface area contributed by atoms with Crippen molar-refractivity contribution < 1.29 is 9.32 Å². The van der Waals surface area contributed by atoms with E-state index in [9.17, 15) is 4.79 Å². The predicted molar refractivity (Wildman–Crippen MR) is 97.7 cm³/mol. The molecule has 0 aliphatic carbocycles. The summed E-state index contributed by atoms with van der Waals surface area (Å²) >= 11 is 1.44. The number of carbonyl (C=O) groups excluding carboxylic acids is 1. The first-order valence-electron chi connectivity index (χ1n) is 8.10. The van der Waals surface area contributed by atoms with Crippen LogP contribution in [0.2, 0.25) is 0 Å². The maximum atomic E-state index is 12.2. The highest BCUT2D eigenvalue weighted by Crippen LogP contribution is 2.20. The summed E-state index contributed by atoms with van der Waals surface area (Å²) in [7, 11) is 0. The van der Waals surface area contributed by atoms with E-state index in [0.29, 0.717) is 23.2 Å². The molecule has 0 aromatic carbocycles. The average molecular weight is 369 g/mol. The van der Waals surface area contributed by atoms with Crippen molar-refractivity contribution >= 4 is 17.7 Å². The summed E-state index contributed by atoms with van der Waals surface area (Å²) in [6, 6.07) is 7.35. The number of aryl methyl sites for hydroxylation is 3. The fourth-order valence-corrected chi connectivity index (χ4v) is 3.19. The van der Waals surface area contributed by atoms with Crippen LogP contribution in [0.1, 0.15) is 38.9 Å². The van der Waals surface area contributed by atoms with Gasteiger partial charge in [0, 0.05) is 35.9 Å². The lowest BCUT2D eigenvalue weighted by Gasteiger charge is -2.03. The van der Waals surface area contributed by atoms with E-state index in [-0.39, 0.29) is 11.6 Å². The molecule has 0 spiro atoms. The van der Waals surface area contributed by atoms with Crippen LogP contribution in [0.15, 0.2) is 40.1 Å². The van der Waals surface area contributed by atoms with E-state index in [2.05, 4.69) is 25.4 Å². The molecule has 0 atom stereocenters. The number of aromatic nitrogens is 4. The summed E-state index contributed by atoms with van der Waals surface area (Å²) in [5.74, 6) is 0.831. The number of pyridine rings is 1. The Labute approximate surface area is 155 Å². The number of rotatable bonds is 6. The molecule has 1 N–H and O–H groups in total. The number of thioether (sulfide) groups is 1. The molecule has 8 heteroatoms. The van der Waals surface area contributed by atoms with Crippen molar-refractivity contribution in [1.29, 1.82) is 0 Å². The van der Waals surface area contributed by atoms with Crippen LogP contribution in [0.5, 0.6) is 0 Å². The second-order valence-electron chi connectivity index (χ2n) is 5.89. The molecule has 1 amide bonds. The first-order chi connectivity index (χ1) is 12.5. The summed E-state index contributed by atoms with van der Waals surface area (Å²) in [5.41, 5.74) is 3.99. The van der Waals surface area contributed by atoms with Gasteiger partial charge in [-0.2, -0.15) is 0 Å². The van der Waals surface area contributed by atoms with Crippen molar-refractivity contribution in [2.45, 2.75) is 38.2 Å². The monoisotopic (exact) mass is 369 g/mol. The molecule has 0 radical (unpaired) electrons. The summed E-state index contributed by atoms with van der Waals surface area (Å²) in [5, 5.41) is 7.34. The van der Waals surface area contributed by atoms with Gasteiger partial charge in [-0.25, -0.2) is 9.97 Å². The summed E-state index contributed by atoms with van der Waals surface area (Å²) in [6.07, 6.45) is 1.72. The Hall–Kier alpha value is -2.74. The summed E-state index contributed by atoms with van der Waals surface area (Å²) in [6.45, 7) is 6.18. The largest absolute Gasteiger partial charge is 0.360 e. The zero-order chi connectivity index (χ0) is 18.5. The molecule has 3 heterocycles. The Kier molecular flexibility index (Phi) is 5.62. The van der Waals surface area contributed by atoms with Gasteiger partial charge in [0.25, 0.3) is 5.91 Å². The molecule has 0 unspecified atom stereocenters. The SMILES string of the molecule is Cc1cc(CNC(=O)c2cc(CSc3nc(C)cc(C)n3)on2)ccn1. The quantitative estimate of drug-likeness (QED) is 0.527. The molecule has 3 aromatic heterocycles. The highest BCUT2D eigenvalue weighted by Gasteiger charge is 2.13. The molecule has 0 saturated carbocycles. The Balaban J connectivity index is 1.55. The van der Waals surface area contributed by atoms with E-state index < -0.39 is 0 Å². The molecule has 3 aromatic rings. The van der Waals surface area contributed by atoms with Crippen LogP contribution in [0.25, 0.3) is 0 Å². The fourth-order valence-electron chi connectivity index (χ4n) is 2.37. The summed E-state index contributed by atoms with van der Waals surface area (Å²) in [4.78, 5) is 25.1. The molecular weight excluding hydrogens is 350 g/mol. The number of hydrogen-bond donors (Lipinski definition) is 1. The Bertz CT molecular complexity index is 905. The third-order valence-electron chi connectivity index (χ3n) is 3.51. The van der Waals surface area contributed by atoms with Gasteiger partial charge in [0.1, 0.15) is 5.76 Å². The predicted octanol–water partition coefficient (Wildman–Crippen LogP) is 3.01. The molecule has 0 saturated heterocycles. The molecular formula is C18H19N5O2S. The van der Waals surface area contributed by atoms with E-state index >= 15 is 0 Å². The van der Waals surface area contributed by atoms with Gasteiger partial charge >= 0.3 is 0 Å². The van der Waals surface area contributed by atoms with Gasteiger partial charge in [0.05, 0.1) is 5.75 Å².